The van der Waals surface area contributed by atoms with Gasteiger partial charge in [-0.15, -0.1) is 0 Å². The zero-order valence-electron chi connectivity index (χ0n) is 9.39. The molecule has 0 unspecified atom stereocenters. The standard InChI is InChI=1S/C11H16N2O3/c1-15-11(14)6-9-7-12-13(8-9)10-4-2-3-5-16-10/h7-8,10H,2-6H2,1H3/t10-/m0/s1. The Morgan fingerprint density at radius 3 is 3.25 bits per heavy atom. The SMILES string of the molecule is COC(=O)Cc1cnn([C@@H]2CCCCO2)c1. The summed E-state index contributed by atoms with van der Waals surface area (Å²) in [7, 11) is 1.39. The predicted octanol–water partition coefficient (Wildman–Crippen LogP) is 1.30. The molecule has 0 aliphatic carbocycles. The van der Waals surface area contributed by atoms with Crippen LogP contribution < -0.4 is 0 Å². The number of rotatable bonds is 3. The first-order chi connectivity index (χ1) is 7.79. The Balaban J connectivity index is 1.98. The van der Waals surface area contributed by atoms with Gasteiger partial charge in [0.05, 0.1) is 19.7 Å². The van der Waals surface area contributed by atoms with E-state index in [2.05, 4.69) is 9.84 Å². The van der Waals surface area contributed by atoms with E-state index in [1.165, 1.54) is 7.11 Å². The second kappa shape index (κ2) is 5.12. The average molecular weight is 224 g/mol. The summed E-state index contributed by atoms with van der Waals surface area (Å²) in [4.78, 5) is 11.1. The molecule has 1 saturated heterocycles. The fraction of sp³-hybridized carbons (Fsp3) is 0.636. The maximum absolute atomic E-state index is 11.1. The Bertz CT molecular complexity index is 356. The fourth-order valence-electron chi connectivity index (χ4n) is 1.80. The van der Waals surface area contributed by atoms with Crippen LogP contribution in [0.1, 0.15) is 31.1 Å². The van der Waals surface area contributed by atoms with Gasteiger partial charge in [0.25, 0.3) is 0 Å². The van der Waals surface area contributed by atoms with E-state index in [9.17, 15) is 4.79 Å². The molecule has 1 aromatic heterocycles. The van der Waals surface area contributed by atoms with Crippen molar-refractivity contribution in [3.63, 3.8) is 0 Å². The third-order valence-corrected chi connectivity index (χ3v) is 2.68. The Morgan fingerprint density at radius 2 is 2.56 bits per heavy atom. The summed E-state index contributed by atoms with van der Waals surface area (Å²) in [5.74, 6) is -0.246. The van der Waals surface area contributed by atoms with Crippen LogP contribution in [0.4, 0.5) is 0 Å². The summed E-state index contributed by atoms with van der Waals surface area (Å²) >= 11 is 0. The van der Waals surface area contributed by atoms with Crippen molar-refractivity contribution in [3.8, 4) is 0 Å². The van der Waals surface area contributed by atoms with Crippen LogP contribution in [0.2, 0.25) is 0 Å². The van der Waals surface area contributed by atoms with E-state index in [0.717, 1.165) is 31.4 Å². The summed E-state index contributed by atoms with van der Waals surface area (Å²) < 4.78 is 12.0. The molecular formula is C11H16N2O3. The highest BCUT2D eigenvalue weighted by atomic mass is 16.5. The van der Waals surface area contributed by atoms with Gasteiger partial charge in [-0.2, -0.15) is 5.10 Å². The molecule has 0 radical (unpaired) electrons. The highest BCUT2D eigenvalue weighted by Gasteiger charge is 2.16. The minimum atomic E-state index is -0.246. The smallest absolute Gasteiger partial charge is 0.310 e. The molecule has 1 atom stereocenters. The van der Waals surface area contributed by atoms with Crippen molar-refractivity contribution < 1.29 is 14.3 Å². The lowest BCUT2D eigenvalue weighted by Crippen LogP contribution is -2.18. The molecule has 0 bridgehead atoms. The molecule has 88 valence electrons. The number of ether oxygens (including phenoxy) is 2. The zero-order chi connectivity index (χ0) is 11.4. The summed E-state index contributed by atoms with van der Waals surface area (Å²) in [6.45, 7) is 0.789. The van der Waals surface area contributed by atoms with Crippen molar-refractivity contribution in [2.24, 2.45) is 0 Å². The van der Waals surface area contributed by atoms with Gasteiger partial charge in [0, 0.05) is 18.4 Å². The van der Waals surface area contributed by atoms with E-state index in [4.69, 9.17) is 4.74 Å². The largest absolute Gasteiger partial charge is 0.469 e. The summed E-state index contributed by atoms with van der Waals surface area (Å²) in [6, 6.07) is 0. The first kappa shape index (κ1) is 11.1. The number of aromatic nitrogens is 2. The minimum absolute atomic E-state index is 0.0279. The number of nitrogens with zero attached hydrogens (tertiary/aromatic N) is 2. The van der Waals surface area contributed by atoms with Crippen molar-refractivity contribution in [2.45, 2.75) is 31.9 Å². The number of carbonyl (C=O) groups is 1. The lowest BCUT2D eigenvalue weighted by molar-refractivity contribution is -0.139. The molecule has 0 saturated carbocycles. The topological polar surface area (TPSA) is 53.3 Å². The number of hydrogen-bond donors (Lipinski definition) is 0. The second-order valence-electron chi connectivity index (χ2n) is 3.90. The predicted molar refractivity (Wildman–Crippen MR) is 56.8 cm³/mol. The Kier molecular flexibility index (Phi) is 3.56. The van der Waals surface area contributed by atoms with Gasteiger partial charge < -0.3 is 9.47 Å². The first-order valence-corrected chi connectivity index (χ1v) is 5.51. The maximum Gasteiger partial charge on any atom is 0.310 e. The van der Waals surface area contributed by atoms with Gasteiger partial charge in [0.1, 0.15) is 6.23 Å². The highest BCUT2D eigenvalue weighted by Crippen LogP contribution is 2.21. The van der Waals surface area contributed by atoms with Crippen LogP contribution >= 0.6 is 0 Å². The minimum Gasteiger partial charge on any atom is -0.469 e. The molecule has 0 N–H and O–H groups in total. The lowest BCUT2D eigenvalue weighted by atomic mass is 10.2. The molecular weight excluding hydrogens is 208 g/mol. The Hall–Kier alpha value is -1.36. The molecule has 0 amide bonds. The Morgan fingerprint density at radius 1 is 1.69 bits per heavy atom. The molecule has 2 heterocycles. The van der Waals surface area contributed by atoms with Crippen LogP contribution in [-0.4, -0.2) is 29.5 Å². The molecule has 1 aliphatic heterocycles. The van der Waals surface area contributed by atoms with Crippen molar-refractivity contribution in [2.75, 3.05) is 13.7 Å². The average Bonchev–Trinajstić information content (AvgIpc) is 2.78. The molecule has 16 heavy (non-hydrogen) atoms. The molecule has 1 aromatic rings. The molecule has 5 nitrogen and oxygen atoms in total. The molecule has 0 aromatic carbocycles. The molecule has 1 aliphatic rings. The van der Waals surface area contributed by atoms with E-state index in [0.29, 0.717) is 0 Å². The van der Waals surface area contributed by atoms with Crippen molar-refractivity contribution in [3.05, 3.63) is 18.0 Å². The zero-order valence-corrected chi connectivity index (χ0v) is 9.39. The van der Waals surface area contributed by atoms with E-state index < -0.39 is 0 Å². The highest BCUT2D eigenvalue weighted by molar-refractivity contribution is 5.72. The third kappa shape index (κ3) is 2.61. The monoisotopic (exact) mass is 224 g/mol. The number of esters is 1. The fourth-order valence-corrected chi connectivity index (χ4v) is 1.80. The summed E-state index contributed by atoms with van der Waals surface area (Å²) in [6.07, 6.45) is 7.11. The molecule has 5 heteroatoms. The lowest BCUT2D eigenvalue weighted by Gasteiger charge is -2.22. The van der Waals surface area contributed by atoms with E-state index >= 15 is 0 Å². The van der Waals surface area contributed by atoms with Crippen LogP contribution in [0.3, 0.4) is 0 Å². The van der Waals surface area contributed by atoms with E-state index in [-0.39, 0.29) is 18.6 Å². The van der Waals surface area contributed by atoms with Crippen LogP contribution in [-0.2, 0) is 20.7 Å². The normalized spacial score (nSPS) is 20.7. The molecule has 0 spiro atoms. The van der Waals surface area contributed by atoms with Gasteiger partial charge in [-0.3, -0.25) is 4.79 Å². The molecule has 1 fully saturated rings. The molecule has 2 rings (SSSR count). The van der Waals surface area contributed by atoms with E-state index in [1.807, 2.05) is 6.20 Å². The van der Waals surface area contributed by atoms with Crippen LogP contribution in [0.5, 0.6) is 0 Å². The van der Waals surface area contributed by atoms with Gasteiger partial charge in [0.2, 0.25) is 0 Å². The quantitative estimate of drug-likeness (QED) is 0.726. The second-order valence-corrected chi connectivity index (χ2v) is 3.90. The van der Waals surface area contributed by atoms with Crippen LogP contribution in [0.15, 0.2) is 12.4 Å². The summed E-state index contributed by atoms with van der Waals surface area (Å²) in [5.41, 5.74) is 0.862. The number of methoxy groups -OCH3 is 1. The van der Waals surface area contributed by atoms with Crippen molar-refractivity contribution in [1.29, 1.82) is 0 Å². The van der Waals surface area contributed by atoms with Crippen LogP contribution in [0, 0.1) is 0 Å². The van der Waals surface area contributed by atoms with Gasteiger partial charge in [-0.25, -0.2) is 4.68 Å². The van der Waals surface area contributed by atoms with Gasteiger partial charge in [-0.05, 0) is 19.3 Å². The first-order valence-electron chi connectivity index (χ1n) is 5.51. The Labute approximate surface area is 94.3 Å². The summed E-state index contributed by atoms with van der Waals surface area (Å²) in [5, 5.41) is 4.21. The van der Waals surface area contributed by atoms with Crippen LogP contribution in [0.25, 0.3) is 0 Å². The van der Waals surface area contributed by atoms with Crippen molar-refractivity contribution >= 4 is 5.97 Å². The maximum atomic E-state index is 11.1. The van der Waals surface area contributed by atoms with Gasteiger partial charge in [0.15, 0.2) is 0 Å². The number of hydrogen-bond acceptors (Lipinski definition) is 4. The number of carbonyl (C=O) groups excluding carboxylic acids is 1. The third-order valence-electron chi connectivity index (χ3n) is 2.68. The van der Waals surface area contributed by atoms with Gasteiger partial charge in [-0.1, -0.05) is 0 Å². The van der Waals surface area contributed by atoms with Crippen molar-refractivity contribution in [1.82, 2.24) is 9.78 Å². The van der Waals surface area contributed by atoms with Gasteiger partial charge >= 0.3 is 5.97 Å². The van der Waals surface area contributed by atoms with E-state index in [1.54, 1.807) is 10.9 Å².